The average Bonchev–Trinajstić information content (AvgIpc) is 3.31. The van der Waals surface area contributed by atoms with E-state index in [2.05, 4.69) is 34.3 Å². The van der Waals surface area contributed by atoms with Gasteiger partial charge in [-0.05, 0) is 12.0 Å². The number of aromatic nitrogens is 3. The van der Waals surface area contributed by atoms with E-state index in [1.165, 1.54) is 11.2 Å². The second-order valence-corrected chi connectivity index (χ2v) is 7.45. The van der Waals surface area contributed by atoms with Crippen molar-refractivity contribution >= 4 is 11.9 Å². The van der Waals surface area contributed by atoms with E-state index in [1.807, 2.05) is 23.1 Å². The van der Waals surface area contributed by atoms with E-state index in [1.54, 1.807) is 20.2 Å². The van der Waals surface area contributed by atoms with Gasteiger partial charge in [0.2, 0.25) is 0 Å². The van der Waals surface area contributed by atoms with E-state index in [9.17, 15) is 9.59 Å². The molecule has 2 aromatic rings. The molecule has 1 fully saturated rings. The second kappa shape index (κ2) is 7.77. The average molecular weight is 370 g/mol. The highest BCUT2D eigenvalue weighted by atomic mass is 16.2. The number of nitrogens with zero attached hydrogens (tertiary/aromatic N) is 4. The van der Waals surface area contributed by atoms with Gasteiger partial charge in [-0.2, -0.15) is 5.10 Å². The lowest BCUT2D eigenvalue weighted by Crippen LogP contribution is -2.46. The lowest BCUT2D eigenvalue weighted by atomic mass is 9.91. The van der Waals surface area contributed by atoms with Gasteiger partial charge in [-0.3, -0.25) is 9.89 Å². The lowest BCUT2D eigenvalue weighted by Gasteiger charge is -2.24. The van der Waals surface area contributed by atoms with Gasteiger partial charge in [0, 0.05) is 38.7 Å². The molecular formula is C19H26N6O2. The maximum Gasteiger partial charge on any atom is 0.317 e. The summed E-state index contributed by atoms with van der Waals surface area (Å²) in [5, 5.41) is 9.75. The molecule has 144 valence electrons. The van der Waals surface area contributed by atoms with E-state index in [4.69, 9.17) is 0 Å². The molecule has 0 aliphatic carbocycles. The van der Waals surface area contributed by atoms with Crippen molar-refractivity contribution < 1.29 is 9.59 Å². The highest BCUT2D eigenvalue weighted by Gasteiger charge is 2.38. The summed E-state index contributed by atoms with van der Waals surface area (Å²) in [6.07, 6.45) is 1.42. The first-order valence-electron chi connectivity index (χ1n) is 9.10. The number of H-pyrrole nitrogens is 1. The SMILES string of the molecule is CC(C)[C@@H]1CN(C(=O)c2ccccc2-c2ncn[nH]2)C[C@H]1NC(=O)N(C)C. The van der Waals surface area contributed by atoms with Crippen LogP contribution in [0.4, 0.5) is 4.79 Å². The van der Waals surface area contributed by atoms with Crippen molar-refractivity contribution in [2.75, 3.05) is 27.2 Å². The Morgan fingerprint density at radius 3 is 2.63 bits per heavy atom. The molecule has 2 heterocycles. The van der Waals surface area contributed by atoms with Crippen molar-refractivity contribution in [2.45, 2.75) is 19.9 Å². The number of hydrogen-bond donors (Lipinski definition) is 2. The summed E-state index contributed by atoms with van der Waals surface area (Å²) >= 11 is 0. The molecule has 1 aliphatic rings. The third-order valence-corrected chi connectivity index (χ3v) is 5.05. The molecule has 2 atom stereocenters. The van der Waals surface area contributed by atoms with Crippen LogP contribution in [0.1, 0.15) is 24.2 Å². The highest BCUT2D eigenvalue weighted by molar-refractivity contribution is 6.00. The number of carbonyl (C=O) groups is 2. The summed E-state index contributed by atoms with van der Waals surface area (Å²) in [6, 6.07) is 7.17. The van der Waals surface area contributed by atoms with Crippen LogP contribution in [0.5, 0.6) is 0 Å². The molecule has 0 unspecified atom stereocenters. The molecule has 1 aromatic carbocycles. The molecule has 1 aromatic heterocycles. The van der Waals surface area contributed by atoms with Gasteiger partial charge in [0.05, 0.1) is 11.6 Å². The third kappa shape index (κ3) is 3.94. The van der Waals surface area contributed by atoms with Crippen LogP contribution in [0.15, 0.2) is 30.6 Å². The molecule has 3 rings (SSSR count). The first kappa shape index (κ1) is 18.9. The highest BCUT2D eigenvalue weighted by Crippen LogP contribution is 2.28. The molecule has 8 heteroatoms. The Balaban J connectivity index is 1.83. The molecule has 8 nitrogen and oxygen atoms in total. The number of nitrogens with one attached hydrogen (secondary N) is 2. The zero-order valence-electron chi connectivity index (χ0n) is 16.1. The number of carbonyl (C=O) groups excluding carboxylic acids is 2. The van der Waals surface area contributed by atoms with Crippen LogP contribution in [-0.4, -0.2) is 70.1 Å². The molecule has 27 heavy (non-hydrogen) atoms. The predicted molar refractivity (Wildman–Crippen MR) is 102 cm³/mol. The maximum absolute atomic E-state index is 13.2. The number of likely N-dealkylation sites (tertiary alicyclic amines) is 1. The van der Waals surface area contributed by atoms with Crippen LogP contribution < -0.4 is 5.32 Å². The summed E-state index contributed by atoms with van der Waals surface area (Å²) in [7, 11) is 3.43. The van der Waals surface area contributed by atoms with E-state index >= 15 is 0 Å². The van der Waals surface area contributed by atoms with Crippen LogP contribution >= 0.6 is 0 Å². The minimum Gasteiger partial charge on any atom is -0.336 e. The van der Waals surface area contributed by atoms with E-state index in [-0.39, 0.29) is 23.9 Å². The number of rotatable bonds is 4. The van der Waals surface area contributed by atoms with Crippen LogP contribution in [0.3, 0.4) is 0 Å². The van der Waals surface area contributed by atoms with Crippen LogP contribution in [0.25, 0.3) is 11.4 Å². The summed E-state index contributed by atoms with van der Waals surface area (Å²) in [5.74, 6) is 1.06. The fraction of sp³-hybridized carbons (Fsp3) is 0.474. The Kier molecular flexibility index (Phi) is 5.43. The Morgan fingerprint density at radius 1 is 1.26 bits per heavy atom. The van der Waals surface area contributed by atoms with Gasteiger partial charge in [0.15, 0.2) is 5.82 Å². The van der Waals surface area contributed by atoms with Gasteiger partial charge < -0.3 is 15.1 Å². The minimum absolute atomic E-state index is 0.0609. The Hall–Kier alpha value is -2.90. The smallest absolute Gasteiger partial charge is 0.317 e. The standard InChI is InChI=1S/C19H26N6O2/c1-12(2)15-9-25(10-16(15)22-19(27)24(3)4)18(26)14-8-6-5-7-13(14)17-20-11-21-23-17/h5-8,11-12,15-16H,9-10H2,1-4H3,(H,22,27)(H,20,21,23)/t15-,16+/m0/s1. The Bertz CT molecular complexity index is 802. The number of aromatic amines is 1. The maximum atomic E-state index is 13.2. The van der Waals surface area contributed by atoms with Crippen molar-refractivity contribution in [2.24, 2.45) is 11.8 Å². The molecule has 0 spiro atoms. The molecule has 3 amide bonds. The topological polar surface area (TPSA) is 94.2 Å². The molecule has 0 saturated carbocycles. The van der Waals surface area contributed by atoms with Crippen LogP contribution in [-0.2, 0) is 0 Å². The van der Waals surface area contributed by atoms with Gasteiger partial charge in [-0.15, -0.1) is 0 Å². The van der Waals surface area contributed by atoms with E-state index in [0.29, 0.717) is 30.4 Å². The van der Waals surface area contributed by atoms with Crippen molar-refractivity contribution in [3.63, 3.8) is 0 Å². The number of amides is 3. The van der Waals surface area contributed by atoms with Gasteiger partial charge in [0.25, 0.3) is 5.91 Å². The Labute approximate surface area is 159 Å². The monoisotopic (exact) mass is 370 g/mol. The van der Waals surface area contributed by atoms with Crippen LogP contribution in [0, 0.1) is 11.8 Å². The van der Waals surface area contributed by atoms with E-state index in [0.717, 1.165) is 5.56 Å². The Morgan fingerprint density at radius 2 is 2.00 bits per heavy atom. The summed E-state index contributed by atoms with van der Waals surface area (Å²) in [6.45, 7) is 5.34. The molecule has 0 radical (unpaired) electrons. The predicted octanol–water partition coefficient (Wildman–Crippen LogP) is 1.84. The van der Waals surface area contributed by atoms with Gasteiger partial charge in [-0.1, -0.05) is 32.0 Å². The summed E-state index contributed by atoms with van der Waals surface area (Å²) < 4.78 is 0. The summed E-state index contributed by atoms with van der Waals surface area (Å²) in [4.78, 5) is 32.9. The van der Waals surface area contributed by atoms with Crippen LogP contribution in [0.2, 0.25) is 0 Å². The fourth-order valence-electron chi connectivity index (χ4n) is 3.49. The van der Waals surface area contributed by atoms with Gasteiger partial charge in [-0.25, -0.2) is 9.78 Å². The van der Waals surface area contributed by atoms with E-state index < -0.39 is 0 Å². The normalized spacial score (nSPS) is 19.4. The summed E-state index contributed by atoms with van der Waals surface area (Å²) in [5.41, 5.74) is 1.30. The zero-order chi connectivity index (χ0) is 19.6. The zero-order valence-corrected chi connectivity index (χ0v) is 16.1. The van der Waals surface area contributed by atoms with Crippen molar-refractivity contribution in [3.05, 3.63) is 36.2 Å². The second-order valence-electron chi connectivity index (χ2n) is 7.45. The first-order valence-corrected chi connectivity index (χ1v) is 9.10. The van der Waals surface area contributed by atoms with Crippen molar-refractivity contribution in [3.8, 4) is 11.4 Å². The number of hydrogen-bond acceptors (Lipinski definition) is 4. The van der Waals surface area contributed by atoms with Crippen molar-refractivity contribution in [1.82, 2.24) is 30.3 Å². The number of urea groups is 1. The number of benzene rings is 1. The largest absolute Gasteiger partial charge is 0.336 e. The third-order valence-electron chi connectivity index (χ3n) is 5.05. The van der Waals surface area contributed by atoms with Gasteiger partial charge in [0.1, 0.15) is 6.33 Å². The molecular weight excluding hydrogens is 344 g/mol. The molecule has 1 saturated heterocycles. The molecule has 2 N–H and O–H groups in total. The lowest BCUT2D eigenvalue weighted by molar-refractivity contribution is 0.0783. The molecule has 1 aliphatic heterocycles. The quantitative estimate of drug-likeness (QED) is 0.859. The van der Waals surface area contributed by atoms with Crippen molar-refractivity contribution in [1.29, 1.82) is 0 Å². The van der Waals surface area contributed by atoms with Gasteiger partial charge >= 0.3 is 6.03 Å². The molecule has 0 bridgehead atoms. The first-order chi connectivity index (χ1) is 12.9. The minimum atomic E-state index is -0.137. The fourth-order valence-corrected chi connectivity index (χ4v) is 3.49.